The fraction of sp³-hybridized carbons (Fsp3) is 0.778. The first-order valence-corrected chi connectivity index (χ1v) is 10.1. The number of aliphatic hydroxyl groups excluding tert-OH is 2. The molecule has 3 amide bonds. The van der Waals surface area contributed by atoms with E-state index in [2.05, 4.69) is 18.4 Å². The molecule has 0 aromatic heterocycles. The number of likely N-dealkylation sites (tertiary alicyclic amines) is 1. The van der Waals surface area contributed by atoms with E-state index in [4.69, 9.17) is 9.47 Å². The van der Waals surface area contributed by atoms with Crippen LogP contribution in [0.25, 0.3) is 0 Å². The second kappa shape index (κ2) is 12.8. The third kappa shape index (κ3) is 8.94. The summed E-state index contributed by atoms with van der Waals surface area (Å²) in [6.07, 6.45) is -3.87. The van der Waals surface area contributed by atoms with Crippen molar-refractivity contribution < 1.29 is 43.3 Å². The monoisotopic (exact) mass is 452 g/mol. The van der Waals surface area contributed by atoms with Gasteiger partial charge in [0.25, 0.3) is 0 Å². The zero-order chi connectivity index (χ0) is 22.8. The lowest BCUT2D eigenvalue weighted by atomic mass is 10.0. The molecule has 0 saturated carbocycles. The van der Waals surface area contributed by atoms with Crippen LogP contribution in [0.5, 0.6) is 0 Å². The SMILES string of the molecule is CC(N)=O.O=C(CCCCCN1C(=O)CC(S)C1=O)OC[C@H]1OC(O)C[C@@H](O)[C@@H]1F. The lowest BCUT2D eigenvalue weighted by Gasteiger charge is -2.33. The van der Waals surface area contributed by atoms with Crippen LogP contribution in [-0.4, -0.2) is 81.9 Å². The molecular weight excluding hydrogens is 423 g/mol. The molecule has 5 atom stereocenters. The predicted molar refractivity (Wildman–Crippen MR) is 105 cm³/mol. The quantitative estimate of drug-likeness (QED) is 0.165. The molecule has 0 aliphatic carbocycles. The summed E-state index contributed by atoms with van der Waals surface area (Å²) in [6.45, 7) is 1.23. The van der Waals surface area contributed by atoms with Gasteiger partial charge < -0.3 is 25.4 Å². The average Bonchev–Trinajstić information content (AvgIpc) is 2.88. The first-order chi connectivity index (χ1) is 14.0. The number of carbonyl (C=O) groups is 4. The van der Waals surface area contributed by atoms with Crippen LogP contribution in [0, 0.1) is 0 Å². The van der Waals surface area contributed by atoms with Crippen molar-refractivity contribution in [2.45, 2.75) is 75.4 Å². The molecule has 2 aliphatic rings. The van der Waals surface area contributed by atoms with E-state index in [1.165, 1.54) is 11.8 Å². The highest BCUT2D eigenvalue weighted by molar-refractivity contribution is 7.81. The highest BCUT2D eigenvalue weighted by atomic mass is 32.1. The number of amides is 3. The van der Waals surface area contributed by atoms with Gasteiger partial charge in [-0.1, -0.05) is 6.42 Å². The van der Waals surface area contributed by atoms with Crippen molar-refractivity contribution >= 4 is 36.3 Å². The predicted octanol–water partition coefficient (Wildman–Crippen LogP) is -0.555. The van der Waals surface area contributed by atoms with Crippen molar-refractivity contribution in [3.05, 3.63) is 0 Å². The molecule has 0 spiro atoms. The molecule has 0 radical (unpaired) electrons. The molecule has 12 heteroatoms. The van der Waals surface area contributed by atoms with E-state index in [1.54, 1.807) is 0 Å². The summed E-state index contributed by atoms with van der Waals surface area (Å²) in [5, 5.41) is 18.2. The molecule has 30 heavy (non-hydrogen) atoms. The second-order valence-corrected chi connectivity index (χ2v) is 7.71. The zero-order valence-electron chi connectivity index (χ0n) is 16.7. The molecular formula is C18H29FN2O8S. The lowest BCUT2D eigenvalue weighted by molar-refractivity contribution is -0.228. The summed E-state index contributed by atoms with van der Waals surface area (Å²) in [6, 6.07) is 0. The van der Waals surface area contributed by atoms with Gasteiger partial charge in [-0.15, -0.1) is 0 Å². The fourth-order valence-electron chi connectivity index (χ4n) is 2.91. The Bertz CT molecular complexity index is 619. The van der Waals surface area contributed by atoms with Crippen LogP contribution in [0.1, 0.15) is 45.4 Å². The van der Waals surface area contributed by atoms with E-state index in [1.807, 2.05) is 0 Å². The van der Waals surface area contributed by atoms with Crippen LogP contribution >= 0.6 is 12.6 Å². The number of carbonyl (C=O) groups excluding carboxylic acids is 4. The maximum Gasteiger partial charge on any atom is 0.305 e. The summed E-state index contributed by atoms with van der Waals surface area (Å²) in [5.41, 5.74) is 4.47. The summed E-state index contributed by atoms with van der Waals surface area (Å²) in [4.78, 5) is 45.3. The highest BCUT2D eigenvalue weighted by Crippen LogP contribution is 2.22. The topological polar surface area (TPSA) is 156 Å². The smallest absolute Gasteiger partial charge is 0.305 e. The minimum atomic E-state index is -1.72. The molecule has 0 aromatic carbocycles. The molecule has 2 saturated heterocycles. The number of nitrogens with zero attached hydrogens (tertiary/aromatic N) is 1. The summed E-state index contributed by atoms with van der Waals surface area (Å²) >= 11 is 4.04. The van der Waals surface area contributed by atoms with E-state index in [-0.39, 0.29) is 43.6 Å². The molecule has 2 fully saturated rings. The Morgan fingerprint density at radius 2 is 1.93 bits per heavy atom. The number of nitrogens with two attached hydrogens (primary N) is 1. The summed E-state index contributed by atoms with van der Waals surface area (Å²) < 4.78 is 23.6. The molecule has 2 rings (SSSR count). The fourth-order valence-corrected chi connectivity index (χ4v) is 3.21. The third-order valence-corrected chi connectivity index (χ3v) is 4.79. The number of aliphatic hydroxyl groups is 2. The number of rotatable bonds is 8. The largest absolute Gasteiger partial charge is 0.463 e. The van der Waals surface area contributed by atoms with E-state index in [0.29, 0.717) is 25.8 Å². The molecule has 0 bridgehead atoms. The number of ether oxygens (including phenoxy) is 2. The zero-order valence-corrected chi connectivity index (χ0v) is 17.6. The number of alkyl halides is 1. The molecule has 4 N–H and O–H groups in total. The highest BCUT2D eigenvalue weighted by Gasteiger charge is 2.38. The minimum Gasteiger partial charge on any atom is -0.463 e. The average molecular weight is 453 g/mol. The van der Waals surface area contributed by atoms with Crippen molar-refractivity contribution in [2.75, 3.05) is 13.2 Å². The first-order valence-electron chi connectivity index (χ1n) is 9.62. The van der Waals surface area contributed by atoms with Gasteiger partial charge in [-0.25, -0.2) is 4.39 Å². The van der Waals surface area contributed by atoms with Crippen molar-refractivity contribution in [3.63, 3.8) is 0 Å². The number of unbranched alkanes of at least 4 members (excludes halogenated alkanes) is 2. The van der Waals surface area contributed by atoms with Gasteiger partial charge >= 0.3 is 5.97 Å². The van der Waals surface area contributed by atoms with Crippen LogP contribution in [0.3, 0.4) is 0 Å². The Balaban J connectivity index is 0.00000103. The maximum absolute atomic E-state index is 13.7. The van der Waals surface area contributed by atoms with Crippen LogP contribution in [0.2, 0.25) is 0 Å². The second-order valence-electron chi connectivity index (χ2n) is 7.08. The Morgan fingerprint density at radius 3 is 2.50 bits per heavy atom. The van der Waals surface area contributed by atoms with Gasteiger partial charge in [0.2, 0.25) is 17.7 Å². The number of esters is 1. The summed E-state index contributed by atoms with van der Waals surface area (Å²) in [5.74, 6) is -1.39. The Hall–Kier alpha value is -1.76. The van der Waals surface area contributed by atoms with Crippen LogP contribution in [0.4, 0.5) is 4.39 Å². The van der Waals surface area contributed by atoms with Crippen molar-refractivity contribution in [1.29, 1.82) is 0 Å². The normalized spacial score (nSPS) is 28.7. The number of thiol groups is 1. The van der Waals surface area contributed by atoms with Crippen LogP contribution < -0.4 is 5.73 Å². The molecule has 0 aromatic rings. The van der Waals surface area contributed by atoms with Crippen LogP contribution in [0.15, 0.2) is 0 Å². The summed E-state index contributed by atoms with van der Waals surface area (Å²) in [7, 11) is 0. The van der Waals surface area contributed by atoms with Gasteiger partial charge in [-0.3, -0.25) is 24.1 Å². The number of imide groups is 1. The van der Waals surface area contributed by atoms with E-state index < -0.39 is 35.9 Å². The maximum atomic E-state index is 13.7. The van der Waals surface area contributed by atoms with Gasteiger partial charge in [-0.05, 0) is 12.8 Å². The molecule has 172 valence electrons. The van der Waals surface area contributed by atoms with Gasteiger partial charge in [0.15, 0.2) is 12.5 Å². The molecule has 2 aliphatic heterocycles. The van der Waals surface area contributed by atoms with Crippen LogP contribution in [-0.2, 0) is 28.7 Å². The van der Waals surface area contributed by atoms with E-state index in [0.717, 1.165) is 0 Å². The number of hydrogen-bond acceptors (Lipinski definition) is 9. The van der Waals surface area contributed by atoms with Gasteiger partial charge in [-0.2, -0.15) is 12.6 Å². The van der Waals surface area contributed by atoms with Crippen molar-refractivity contribution in [1.82, 2.24) is 4.90 Å². The van der Waals surface area contributed by atoms with E-state index in [9.17, 15) is 33.8 Å². The lowest BCUT2D eigenvalue weighted by Crippen LogP contribution is -2.48. The number of primary amides is 1. The molecule has 2 unspecified atom stereocenters. The standard InChI is InChI=1S/C16H24FNO7S.C2H5NO/c17-15-9(19)6-14(22)25-10(15)8-24-13(21)4-2-1-3-5-18-12(20)7-11(26)16(18)23;1-2(3)4/h9-11,14-15,19,22,26H,1-8H2;1H3,(H2,3,4)/t9-,10-,11?,14?,15+;/m1./s1. The third-order valence-electron chi connectivity index (χ3n) is 4.39. The molecule has 10 nitrogen and oxygen atoms in total. The van der Waals surface area contributed by atoms with Gasteiger partial charge in [0.1, 0.15) is 12.7 Å². The van der Waals surface area contributed by atoms with Crippen molar-refractivity contribution in [3.8, 4) is 0 Å². The molecule has 2 heterocycles. The number of hydrogen-bond donors (Lipinski definition) is 4. The van der Waals surface area contributed by atoms with E-state index >= 15 is 0 Å². The van der Waals surface area contributed by atoms with Crippen molar-refractivity contribution in [2.24, 2.45) is 5.73 Å². The minimum absolute atomic E-state index is 0.103. The first kappa shape index (κ1) is 26.3. The Kier molecular flexibility index (Phi) is 11.2. The Morgan fingerprint density at radius 1 is 1.30 bits per heavy atom. The van der Waals surface area contributed by atoms with Gasteiger partial charge in [0, 0.05) is 32.7 Å². The number of halogens is 1. The Labute approximate surface area is 179 Å². The van der Waals surface area contributed by atoms with Gasteiger partial charge in [0.05, 0.1) is 11.4 Å².